The molecular weight excluding hydrogens is 392 g/mol. The minimum Gasteiger partial charge on any atom is -0.393 e. The summed E-state index contributed by atoms with van der Waals surface area (Å²) >= 11 is 0. The van der Waals surface area contributed by atoms with Crippen molar-refractivity contribution < 1.29 is 5.11 Å². The number of piperidine rings is 2. The monoisotopic (exact) mass is 442 g/mol. The molecule has 0 aromatic carbocycles. The Hall–Kier alpha value is -0.120. The third-order valence-corrected chi connectivity index (χ3v) is 12.6. The van der Waals surface area contributed by atoms with Crippen molar-refractivity contribution >= 4 is 0 Å². The number of hydrogen-bond acceptors (Lipinski definition) is 3. The molecule has 0 radical (unpaired) electrons. The van der Waals surface area contributed by atoms with Crippen LogP contribution in [0.3, 0.4) is 0 Å². The molecule has 2 aliphatic heterocycles. The zero-order chi connectivity index (χ0) is 22.0. The molecule has 0 spiro atoms. The zero-order valence-electron chi connectivity index (χ0n) is 21.2. The predicted molar refractivity (Wildman–Crippen MR) is 131 cm³/mol. The van der Waals surface area contributed by atoms with Crippen LogP contribution in [-0.2, 0) is 0 Å². The molecule has 6 rings (SSSR count). The van der Waals surface area contributed by atoms with Gasteiger partial charge in [-0.15, -0.1) is 0 Å². The molecule has 3 nitrogen and oxygen atoms in total. The molecule has 1 N–H and O–H groups in total. The minimum atomic E-state index is -0.0423. The van der Waals surface area contributed by atoms with Crippen molar-refractivity contribution in [3.8, 4) is 0 Å². The fourth-order valence-corrected chi connectivity index (χ4v) is 11.1. The van der Waals surface area contributed by atoms with Gasteiger partial charge in [-0.2, -0.15) is 0 Å². The van der Waals surface area contributed by atoms with Crippen LogP contribution in [0.1, 0.15) is 110 Å². The van der Waals surface area contributed by atoms with Crippen molar-refractivity contribution in [2.24, 2.45) is 34.5 Å². The Bertz CT molecular complexity index is 665. The quantitative estimate of drug-likeness (QED) is 0.563. The van der Waals surface area contributed by atoms with Crippen LogP contribution in [-0.4, -0.2) is 52.9 Å². The molecule has 182 valence electrons. The van der Waals surface area contributed by atoms with Gasteiger partial charge in [-0.3, -0.25) is 9.80 Å². The maximum atomic E-state index is 11.0. The van der Waals surface area contributed by atoms with Gasteiger partial charge in [0.15, 0.2) is 0 Å². The van der Waals surface area contributed by atoms with Crippen LogP contribution in [0.4, 0.5) is 0 Å². The Balaban J connectivity index is 1.44. The molecular formula is C29H50N2O. The fourth-order valence-electron chi connectivity index (χ4n) is 11.1. The molecule has 0 amide bonds. The van der Waals surface area contributed by atoms with Crippen molar-refractivity contribution in [2.45, 2.75) is 122 Å². The van der Waals surface area contributed by atoms with Gasteiger partial charge in [0.05, 0.1) is 11.8 Å². The Morgan fingerprint density at radius 3 is 1.94 bits per heavy atom. The highest BCUT2D eigenvalue weighted by atomic mass is 16.3. The summed E-state index contributed by atoms with van der Waals surface area (Å²) in [6.45, 7) is 10.7. The molecule has 7 atom stereocenters. The van der Waals surface area contributed by atoms with Crippen molar-refractivity contribution in [1.29, 1.82) is 0 Å². The maximum Gasteiger partial charge on any atom is 0.0798 e. The topological polar surface area (TPSA) is 26.7 Å². The molecule has 0 aromatic rings. The first-order valence-corrected chi connectivity index (χ1v) is 14.7. The van der Waals surface area contributed by atoms with E-state index in [0.29, 0.717) is 11.1 Å². The summed E-state index contributed by atoms with van der Waals surface area (Å²) in [5.74, 6) is 3.42. The minimum absolute atomic E-state index is 0.0423. The number of aliphatic hydroxyl groups is 1. The number of hydrogen-bond donors (Lipinski definition) is 1. The highest BCUT2D eigenvalue weighted by molar-refractivity contribution is 5.17. The lowest BCUT2D eigenvalue weighted by Crippen LogP contribution is -2.76. The van der Waals surface area contributed by atoms with E-state index in [1.54, 1.807) is 0 Å². The van der Waals surface area contributed by atoms with Crippen molar-refractivity contribution in [1.82, 2.24) is 9.80 Å². The van der Waals surface area contributed by atoms with Crippen LogP contribution in [0.15, 0.2) is 0 Å². The first-order chi connectivity index (χ1) is 15.5. The van der Waals surface area contributed by atoms with Crippen LogP contribution in [0.5, 0.6) is 0 Å². The van der Waals surface area contributed by atoms with Gasteiger partial charge < -0.3 is 5.11 Å². The molecule has 4 aliphatic carbocycles. The van der Waals surface area contributed by atoms with E-state index in [4.69, 9.17) is 0 Å². The second-order valence-corrected chi connectivity index (χ2v) is 13.4. The highest BCUT2D eigenvalue weighted by Crippen LogP contribution is 2.69. The fraction of sp³-hybridized carbons (Fsp3) is 1.00. The largest absolute Gasteiger partial charge is 0.393 e. The van der Waals surface area contributed by atoms with Gasteiger partial charge in [-0.05, 0) is 139 Å². The Morgan fingerprint density at radius 1 is 0.625 bits per heavy atom. The second-order valence-electron chi connectivity index (χ2n) is 13.4. The first kappa shape index (κ1) is 22.4. The lowest BCUT2D eigenvalue weighted by Gasteiger charge is -2.72. The van der Waals surface area contributed by atoms with Gasteiger partial charge in [0.1, 0.15) is 0 Å². The van der Waals surface area contributed by atoms with Gasteiger partial charge in [-0.25, -0.2) is 0 Å². The van der Waals surface area contributed by atoms with E-state index in [2.05, 4.69) is 23.6 Å². The van der Waals surface area contributed by atoms with Gasteiger partial charge >= 0.3 is 0 Å². The lowest BCUT2D eigenvalue weighted by atomic mass is 9.42. The molecule has 0 aromatic heterocycles. The predicted octanol–water partition coefficient (Wildman–Crippen LogP) is 6.06. The van der Waals surface area contributed by atoms with Gasteiger partial charge in [0.25, 0.3) is 0 Å². The molecule has 6 aliphatic rings. The van der Waals surface area contributed by atoms with E-state index in [1.165, 1.54) is 116 Å². The average Bonchev–Trinajstić information content (AvgIpc) is 3.14. The summed E-state index contributed by atoms with van der Waals surface area (Å²) in [5.41, 5.74) is 0.945. The normalized spacial score (nSPS) is 49.8. The molecule has 0 bridgehead atoms. The molecule has 2 saturated heterocycles. The number of fused-ring (bicyclic) bond motifs is 5. The molecule has 32 heavy (non-hydrogen) atoms. The summed E-state index contributed by atoms with van der Waals surface area (Å²) in [7, 11) is 0. The molecule has 0 unspecified atom stereocenters. The van der Waals surface area contributed by atoms with Crippen molar-refractivity contribution in [3.63, 3.8) is 0 Å². The van der Waals surface area contributed by atoms with Crippen molar-refractivity contribution in [3.05, 3.63) is 0 Å². The summed E-state index contributed by atoms with van der Waals surface area (Å²) < 4.78 is 0. The van der Waals surface area contributed by atoms with Crippen LogP contribution in [0.2, 0.25) is 0 Å². The Labute approximate surface area is 197 Å². The summed E-state index contributed by atoms with van der Waals surface area (Å²) in [4.78, 5) is 6.15. The second kappa shape index (κ2) is 8.23. The van der Waals surface area contributed by atoms with Gasteiger partial charge in [0, 0.05) is 5.41 Å². The lowest BCUT2D eigenvalue weighted by molar-refractivity contribution is -0.252. The molecule has 2 heterocycles. The Kier molecular flexibility index (Phi) is 5.75. The van der Waals surface area contributed by atoms with Crippen LogP contribution >= 0.6 is 0 Å². The number of likely N-dealkylation sites (tertiary alicyclic amines) is 2. The van der Waals surface area contributed by atoms with Crippen LogP contribution in [0, 0.1) is 34.5 Å². The molecule has 3 heteroatoms. The standard InChI is InChI=1S/C29H50N2O/c1-27-17-15-25-23(24(27)13-14-26(27)32)12-11-22-10-9-16-29(28(22,25)2,30-18-5-3-6-19-30)31-20-7-4-8-21-31/h22-26,32H,3-21H2,1-2H3/t22-,23+,24+,25+,26+,27+,28+/m1/s1. The highest BCUT2D eigenvalue weighted by Gasteiger charge is 2.68. The van der Waals surface area contributed by atoms with E-state index >= 15 is 0 Å². The summed E-state index contributed by atoms with van der Waals surface area (Å²) in [5, 5.41) is 11.0. The van der Waals surface area contributed by atoms with Gasteiger partial charge in [-0.1, -0.05) is 26.7 Å². The third-order valence-electron chi connectivity index (χ3n) is 12.6. The SMILES string of the molecule is C[C@]12CC[C@H]3[C@@H](CC[C@H]4CCCC(N5CCCCC5)(N5CCCCC5)[C@@]43C)[C@@H]1CC[C@@H]2O. The number of rotatable bonds is 2. The van der Waals surface area contributed by atoms with Crippen molar-refractivity contribution in [2.75, 3.05) is 26.2 Å². The smallest absolute Gasteiger partial charge is 0.0798 e. The van der Waals surface area contributed by atoms with Crippen LogP contribution in [0.25, 0.3) is 0 Å². The summed E-state index contributed by atoms with van der Waals surface area (Å²) in [6.07, 6.45) is 20.8. The average molecular weight is 443 g/mol. The van der Waals surface area contributed by atoms with E-state index in [0.717, 1.165) is 30.1 Å². The van der Waals surface area contributed by atoms with Crippen LogP contribution < -0.4 is 0 Å². The Morgan fingerprint density at radius 2 is 1.28 bits per heavy atom. The number of aliphatic hydroxyl groups excluding tert-OH is 1. The van der Waals surface area contributed by atoms with E-state index < -0.39 is 0 Å². The summed E-state index contributed by atoms with van der Waals surface area (Å²) in [6, 6.07) is 0. The first-order valence-electron chi connectivity index (χ1n) is 14.7. The molecule has 6 fully saturated rings. The molecule has 4 saturated carbocycles. The van der Waals surface area contributed by atoms with E-state index in [1.807, 2.05) is 0 Å². The van der Waals surface area contributed by atoms with E-state index in [-0.39, 0.29) is 11.5 Å². The number of nitrogens with zero attached hydrogens (tertiary/aromatic N) is 2. The maximum absolute atomic E-state index is 11.0. The zero-order valence-corrected chi connectivity index (χ0v) is 21.2. The van der Waals surface area contributed by atoms with Gasteiger partial charge in [0.2, 0.25) is 0 Å². The third kappa shape index (κ3) is 2.95. The van der Waals surface area contributed by atoms with E-state index in [9.17, 15) is 5.11 Å².